The lowest BCUT2D eigenvalue weighted by atomic mass is 9.85. The van der Waals surface area contributed by atoms with Crippen molar-refractivity contribution < 1.29 is 18.9 Å². The third-order valence-corrected chi connectivity index (χ3v) is 4.69. The maximum atomic E-state index is 12.1. The molecule has 1 saturated carbocycles. The van der Waals surface area contributed by atoms with Crippen LogP contribution in [0.2, 0.25) is 0 Å². The monoisotopic (exact) mass is 369 g/mol. The Bertz CT molecular complexity index is 416. The van der Waals surface area contributed by atoms with Crippen molar-refractivity contribution in [1.82, 2.24) is 4.90 Å². The molecule has 130 valence electrons. The Morgan fingerprint density at radius 3 is 2.41 bits per heavy atom. The van der Waals surface area contributed by atoms with Crippen LogP contribution in [0.15, 0.2) is 0 Å². The van der Waals surface area contributed by atoms with Gasteiger partial charge in [0.15, 0.2) is 0 Å². The van der Waals surface area contributed by atoms with Gasteiger partial charge in [0.25, 0.3) is 0 Å². The van der Waals surface area contributed by atoms with Crippen LogP contribution in [-0.2, 0) is 21.1 Å². The highest BCUT2D eigenvalue weighted by Crippen LogP contribution is 2.50. The summed E-state index contributed by atoms with van der Waals surface area (Å²) in [6, 6.07) is 0. The minimum absolute atomic E-state index is 0.292. The zero-order valence-corrected chi connectivity index (χ0v) is 16.4. The first-order valence-corrected chi connectivity index (χ1v) is 11.5. The zero-order chi connectivity index (χ0) is 17.0. The molecule has 2 atom stereocenters. The van der Waals surface area contributed by atoms with Crippen LogP contribution in [0, 0.1) is 5.92 Å². The molecule has 22 heavy (non-hydrogen) atoms. The second-order valence-electron chi connectivity index (χ2n) is 6.89. The van der Waals surface area contributed by atoms with Crippen LogP contribution >= 0.6 is 17.9 Å². The highest BCUT2D eigenvalue weighted by molar-refractivity contribution is 8.59. The predicted molar refractivity (Wildman–Crippen MR) is 95.8 cm³/mol. The van der Waals surface area contributed by atoms with E-state index in [0.29, 0.717) is 12.5 Å². The Kier molecular flexibility index (Phi) is 7.67. The molecular formula is C14H28NO4PS2. The van der Waals surface area contributed by atoms with Crippen molar-refractivity contribution in [2.45, 2.75) is 64.6 Å². The molecule has 0 aromatic rings. The molecule has 1 aliphatic carbocycles. The second kappa shape index (κ2) is 8.34. The maximum Gasteiger partial charge on any atom is 0.410 e. The highest BCUT2D eigenvalue weighted by Gasteiger charge is 2.31. The van der Waals surface area contributed by atoms with Crippen molar-refractivity contribution in [3.63, 3.8) is 0 Å². The standard InChI is InChI=1S/C14H28NO4PS2/c1-14(2,3)18-13(16)15(4)10-12(19-20(17,21)22)11-8-6-5-7-9-11/h11-12H,5-10H2,1-4H3,(H2,17,21,22). The third kappa shape index (κ3) is 8.16. The smallest absolute Gasteiger partial charge is 0.410 e. The largest absolute Gasteiger partial charge is 0.444 e. The molecule has 0 spiro atoms. The summed E-state index contributed by atoms with van der Waals surface area (Å²) in [5, 5.41) is 0. The van der Waals surface area contributed by atoms with E-state index in [2.05, 4.69) is 12.2 Å². The number of hydrogen-bond acceptors (Lipinski definition) is 4. The zero-order valence-electron chi connectivity index (χ0n) is 13.8. The summed E-state index contributed by atoms with van der Waals surface area (Å²) in [6.07, 6.45) is 4.85. The van der Waals surface area contributed by atoms with E-state index in [1.54, 1.807) is 7.05 Å². The van der Waals surface area contributed by atoms with E-state index in [1.807, 2.05) is 20.8 Å². The van der Waals surface area contributed by atoms with Gasteiger partial charge in [0.05, 0.1) is 12.6 Å². The van der Waals surface area contributed by atoms with Crippen LogP contribution in [0.5, 0.6) is 0 Å². The van der Waals surface area contributed by atoms with Crippen LogP contribution < -0.4 is 0 Å². The number of amides is 1. The van der Waals surface area contributed by atoms with Gasteiger partial charge >= 0.3 is 6.09 Å². The number of nitrogens with zero attached hydrogens (tertiary/aromatic N) is 1. The third-order valence-electron chi connectivity index (χ3n) is 3.61. The van der Waals surface area contributed by atoms with Crippen LogP contribution in [0.4, 0.5) is 4.79 Å². The van der Waals surface area contributed by atoms with Crippen LogP contribution in [0.1, 0.15) is 52.9 Å². The van der Waals surface area contributed by atoms with E-state index in [1.165, 1.54) is 11.3 Å². The van der Waals surface area contributed by atoms with E-state index >= 15 is 0 Å². The summed E-state index contributed by atoms with van der Waals surface area (Å²) in [4.78, 5) is 23.4. The summed E-state index contributed by atoms with van der Waals surface area (Å²) in [5.74, 6) is 0.292. The first-order valence-electron chi connectivity index (χ1n) is 7.66. The quantitative estimate of drug-likeness (QED) is 0.567. The molecule has 0 aromatic heterocycles. The summed E-state index contributed by atoms with van der Waals surface area (Å²) in [7, 11) is 1.67. The Morgan fingerprint density at radius 2 is 1.95 bits per heavy atom. The summed E-state index contributed by atoms with van der Waals surface area (Å²) >= 11 is 8.89. The van der Waals surface area contributed by atoms with Gasteiger partial charge in [0, 0.05) is 7.05 Å². The molecule has 0 aromatic carbocycles. The van der Waals surface area contributed by atoms with Gasteiger partial charge in [0.2, 0.25) is 5.69 Å². The minimum atomic E-state index is -3.07. The molecule has 5 nitrogen and oxygen atoms in total. The van der Waals surface area contributed by atoms with Crippen LogP contribution in [0.3, 0.4) is 0 Å². The number of carbonyl (C=O) groups is 1. The van der Waals surface area contributed by atoms with Gasteiger partial charge in [0.1, 0.15) is 5.60 Å². The Morgan fingerprint density at radius 1 is 1.41 bits per heavy atom. The highest BCUT2D eigenvalue weighted by atomic mass is 32.9. The van der Waals surface area contributed by atoms with Crippen molar-refractivity contribution in [3.05, 3.63) is 0 Å². The van der Waals surface area contributed by atoms with Gasteiger partial charge in [-0.05, 0) is 51.3 Å². The topological polar surface area (TPSA) is 59.0 Å². The lowest BCUT2D eigenvalue weighted by Crippen LogP contribution is -2.41. The molecule has 8 heteroatoms. The molecule has 0 aliphatic heterocycles. The molecule has 0 radical (unpaired) electrons. The van der Waals surface area contributed by atoms with Crippen LogP contribution in [0.25, 0.3) is 0 Å². The summed E-state index contributed by atoms with van der Waals surface area (Å²) in [5.41, 5.74) is -3.61. The normalized spacial score (nSPS) is 21.0. The second-order valence-corrected chi connectivity index (χ2v) is 12.0. The fraction of sp³-hybridized carbons (Fsp3) is 0.929. The van der Waals surface area contributed by atoms with Gasteiger partial charge in [-0.2, -0.15) is 0 Å². The molecule has 1 N–H and O–H groups in total. The van der Waals surface area contributed by atoms with E-state index in [-0.39, 0.29) is 6.10 Å². The van der Waals surface area contributed by atoms with Gasteiger partial charge in [-0.1, -0.05) is 31.5 Å². The van der Waals surface area contributed by atoms with E-state index in [9.17, 15) is 9.69 Å². The lowest BCUT2D eigenvalue weighted by molar-refractivity contribution is 0.0156. The number of likely N-dealkylation sites (N-methyl/N-ethyl adjacent to an activating group) is 1. The summed E-state index contributed by atoms with van der Waals surface area (Å²) < 4.78 is 11.0. The fourth-order valence-electron chi connectivity index (χ4n) is 2.64. The molecule has 1 amide bonds. The lowest BCUT2D eigenvalue weighted by Gasteiger charge is -2.34. The minimum Gasteiger partial charge on any atom is -0.444 e. The van der Waals surface area contributed by atoms with Crippen molar-refractivity contribution in [2.75, 3.05) is 13.6 Å². The van der Waals surface area contributed by atoms with Gasteiger partial charge in [-0.25, -0.2) is 4.79 Å². The Hall–Kier alpha value is 0.190. The Labute approximate surface area is 144 Å². The number of hydrogen-bond donors (Lipinski definition) is 2. The number of thiol groups is 1. The van der Waals surface area contributed by atoms with Crippen molar-refractivity contribution >= 4 is 35.8 Å². The van der Waals surface area contributed by atoms with E-state index in [4.69, 9.17) is 21.1 Å². The average molecular weight is 369 g/mol. The van der Waals surface area contributed by atoms with Crippen molar-refractivity contribution in [3.8, 4) is 0 Å². The van der Waals surface area contributed by atoms with Gasteiger partial charge < -0.3 is 19.1 Å². The van der Waals surface area contributed by atoms with Crippen LogP contribution in [-0.4, -0.2) is 41.2 Å². The van der Waals surface area contributed by atoms with Crippen molar-refractivity contribution in [2.24, 2.45) is 5.92 Å². The molecule has 0 heterocycles. The molecule has 1 rings (SSSR count). The predicted octanol–water partition coefficient (Wildman–Crippen LogP) is 3.97. The maximum absolute atomic E-state index is 12.1. The van der Waals surface area contributed by atoms with E-state index in [0.717, 1.165) is 25.7 Å². The fourth-order valence-corrected chi connectivity index (χ4v) is 3.92. The summed E-state index contributed by atoms with van der Waals surface area (Å²) in [6.45, 7) is 5.83. The van der Waals surface area contributed by atoms with Crippen molar-refractivity contribution in [1.29, 1.82) is 0 Å². The molecule has 1 aliphatic rings. The molecule has 1 fully saturated rings. The first-order chi connectivity index (χ1) is 9.98. The number of carbonyl (C=O) groups excluding carboxylic acids is 1. The van der Waals surface area contributed by atoms with Gasteiger partial charge in [-0.15, -0.1) is 0 Å². The number of ether oxygens (including phenoxy) is 1. The van der Waals surface area contributed by atoms with E-state index < -0.39 is 17.4 Å². The number of rotatable bonds is 5. The molecular weight excluding hydrogens is 341 g/mol. The Balaban J connectivity index is 2.70. The average Bonchev–Trinajstić information content (AvgIpc) is 2.35. The first kappa shape index (κ1) is 20.2. The molecule has 0 bridgehead atoms. The SMILES string of the molecule is CN(CC(OP(O)(=S)S)C1CCCCC1)C(=O)OC(C)(C)C. The molecule has 0 saturated heterocycles. The molecule has 2 unspecified atom stereocenters. The van der Waals surface area contributed by atoms with Gasteiger partial charge in [-0.3, -0.25) is 0 Å².